The Kier molecular flexibility index (Phi) is 2.04. The molecule has 0 saturated heterocycles. The molecule has 1 aliphatic heterocycles. The highest BCUT2D eigenvalue weighted by Crippen LogP contribution is 2.10. The fourth-order valence-electron chi connectivity index (χ4n) is 1.35. The van der Waals surface area contributed by atoms with E-state index in [4.69, 9.17) is 0 Å². The van der Waals surface area contributed by atoms with E-state index in [2.05, 4.69) is 35.3 Å². The number of hydrogen-bond acceptors (Lipinski definition) is 1. The summed E-state index contributed by atoms with van der Waals surface area (Å²) >= 11 is 0. The van der Waals surface area contributed by atoms with Gasteiger partial charge >= 0.3 is 0 Å². The van der Waals surface area contributed by atoms with Gasteiger partial charge < -0.3 is 0 Å². The Morgan fingerprint density at radius 2 is 1.92 bits per heavy atom. The smallest absolute Gasteiger partial charge is 0.0478 e. The van der Waals surface area contributed by atoms with E-state index in [1.165, 1.54) is 11.3 Å². The van der Waals surface area contributed by atoms with Gasteiger partial charge in [-0.1, -0.05) is 36.4 Å². The highest BCUT2D eigenvalue weighted by Gasteiger charge is 2.02. The van der Waals surface area contributed by atoms with Crippen LogP contribution in [0.2, 0.25) is 0 Å². The predicted octanol–water partition coefficient (Wildman–Crippen LogP) is 2.78. The minimum absolute atomic E-state index is 1.07. The molecular formula is C11H11N. The molecule has 12 heavy (non-hydrogen) atoms. The van der Waals surface area contributed by atoms with Crippen molar-refractivity contribution in [2.45, 2.75) is 12.8 Å². The average molecular weight is 157 g/mol. The Balaban J connectivity index is 2.31. The molecule has 0 amide bonds. The fraction of sp³-hybridized carbons (Fsp3) is 0.182. The zero-order chi connectivity index (χ0) is 8.23. The van der Waals surface area contributed by atoms with Crippen molar-refractivity contribution in [2.75, 3.05) is 0 Å². The number of benzene rings is 1. The van der Waals surface area contributed by atoms with E-state index in [0.717, 1.165) is 12.8 Å². The van der Waals surface area contributed by atoms with E-state index in [9.17, 15) is 0 Å². The van der Waals surface area contributed by atoms with Crippen LogP contribution >= 0.6 is 0 Å². The number of rotatable bonds is 1. The average Bonchev–Trinajstić information content (AvgIpc) is 2.21. The van der Waals surface area contributed by atoms with Crippen LogP contribution in [0, 0.1) is 0 Å². The van der Waals surface area contributed by atoms with E-state index in [1.807, 2.05) is 12.3 Å². The molecule has 1 nitrogen and oxygen atoms in total. The molecule has 0 fully saturated rings. The Labute approximate surface area is 72.5 Å². The van der Waals surface area contributed by atoms with Crippen molar-refractivity contribution < 1.29 is 0 Å². The zero-order valence-corrected chi connectivity index (χ0v) is 6.90. The zero-order valence-electron chi connectivity index (χ0n) is 6.90. The fourth-order valence-corrected chi connectivity index (χ4v) is 1.35. The van der Waals surface area contributed by atoms with E-state index >= 15 is 0 Å². The van der Waals surface area contributed by atoms with Crippen molar-refractivity contribution in [1.29, 1.82) is 0 Å². The molecule has 0 bridgehead atoms. The molecule has 2 rings (SSSR count). The lowest BCUT2D eigenvalue weighted by Crippen LogP contribution is -2.01. The van der Waals surface area contributed by atoms with Gasteiger partial charge in [0, 0.05) is 11.9 Å². The third kappa shape index (κ3) is 1.45. The molecule has 1 aromatic rings. The second kappa shape index (κ2) is 3.35. The first-order valence-corrected chi connectivity index (χ1v) is 4.24. The van der Waals surface area contributed by atoms with E-state index < -0.39 is 0 Å². The van der Waals surface area contributed by atoms with Crippen LogP contribution in [-0.2, 0) is 0 Å². The van der Waals surface area contributed by atoms with Gasteiger partial charge in [0.2, 0.25) is 0 Å². The summed E-state index contributed by atoms with van der Waals surface area (Å²) in [6.07, 6.45) is 6.19. The van der Waals surface area contributed by atoms with Gasteiger partial charge in [0.1, 0.15) is 0 Å². The summed E-state index contributed by atoms with van der Waals surface area (Å²) in [5.74, 6) is 0. The molecule has 0 saturated carbocycles. The minimum atomic E-state index is 1.07. The van der Waals surface area contributed by atoms with Crippen LogP contribution in [0.1, 0.15) is 18.4 Å². The van der Waals surface area contributed by atoms with Gasteiger partial charge in [0.05, 0.1) is 0 Å². The Bertz CT molecular complexity index is 309. The molecule has 0 aromatic heterocycles. The van der Waals surface area contributed by atoms with Crippen LogP contribution < -0.4 is 0 Å². The van der Waals surface area contributed by atoms with Crippen LogP contribution in [0.25, 0.3) is 0 Å². The number of hydrogen-bond donors (Lipinski definition) is 0. The third-order valence-corrected chi connectivity index (χ3v) is 1.99. The van der Waals surface area contributed by atoms with Gasteiger partial charge in [-0.05, 0) is 18.4 Å². The van der Waals surface area contributed by atoms with Crippen molar-refractivity contribution in [2.24, 2.45) is 4.99 Å². The van der Waals surface area contributed by atoms with Crippen molar-refractivity contribution >= 4 is 5.71 Å². The summed E-state index contributed by atoms with van der Waals surface area (Å²) in [5.41, 5.74) is 2.46. The molecular weight excluding hydrogens is 146 g/mol. The van der Waals surface area contributed by atoms with Crippen LogP contribution in [0.15, 0.2) is 47.6 Å². The molecule has 60 valence electrons. The van der Waals surface area contributed by atoms with Gasteiger partial charge in [0.25, 0.3) is 0 Å². The van der Waals surface area contributed by atoms with Crippen molar-refractivity contribution in [1.82, 2.24) is 0 Å². The maximum Gasteiger partial charge on any atom is 0.0478 e. The summed E-state index contributed by atoms with van der Waals surface area (Å²) in [4.78, 5) is 4.34. The second-order valence-corrected chi connectivity index (χ2v) is 2.87. The van der Waals surface area contributed by atoms with Crippen molar-refractivity contribution in [3.05, 3.63) is 48.2 Å². The molecule has 0 radical (unpaired) electrons. The number of nitrogens with zero attached hydrogens (tertiary/aromatic N) is 1. The van der Waals surface area contributed by atoms with Gasteiger partial charge in [-0.2, -0.15) is 0 Å². The summed E-state index contributed by atoms with van der Waals surface area (Å²) in [7, 11) is 0. The highest BCUT2D eigenvalue weighted by atomic mass is 14.7. The van der Waals surface area contributed by atoms with E-state index in [1.54, 1.807) is 0 Å². The summed E-state index contributed by atoms with van der Waals surface area (Å²) in [6.45, 7) is 0. The van der Waals surface area contributed by atoms with Crippen molar-refractivity contribution in [3.63, 3.8) is 0 Å². The first kappa shape index (κ1) is 7.29. The normalized spacial score (nSPS) is 15.8. The number of allylic oxidation sites excluding steroid dienone is 1. The Hall–Kier alpha value is -1.37. The standard InChI is InChI=1S/C11H11N/c1-2-6-10(7-3-1)11-8-4-5-9-12-11/h1-3,5-7,9H,4,8H2. The predicted molar refractivity (Wildman–Crippen MR) is 51.4 cm³/mol. The van der Waals surface area contributed by atoms with Crippen molar-refractivity contribution in [3.8, 4) is 0 Å². The molecule has 0 aliphatic carbocycles. The molecule has 0 atom stereocenters. The van der Waals surface area contributed by atoms with Crippen LogP contribution in [0.4, 0.5) is 0 Å². The van der Waals surface area contributed by atoms with Gasteiger partial charge in [0.15, 0.2) is 0 Å². The molecule has 1 aliphatic rings. The topological polar surface area (TPSA) is 12.4 Å². The van der Waals surface area contributed by atoms with Gasteiger partial charge in [-0.3, -0.25) is 4.99 Å². The second-order valence-electron chi connectivity index (χ2n) is 2.87. The quantitative estimate of drug-likeness (QED) is 0.594. The minimum Gasteiger partial charge on any atom is -0.261 e. The Morgan fingerprint density at radius 3 is 2.58 bits per heavy atom. The maximum atomic E-state index is 4.34. The summed E-state index contributed by atoms with van der Waals surface area (Å²) < 4.78 is 0. The van der Waals surface area contributed by atoms with Gasteiger partial charge in [-0.25, -0.2) is 0 Å². The van der Waals surface area contributed by atoms with Gasteiger partial charge in [-0.15, -0.1) is 0 Å². The maximum absolute atomic E-state index is 4.34. The molecule has 1 heterocycles. The third-order valence-electron chi connectivity index (χ3n) is 1.99. The monoisotopic (exact) mass is 157 g/mol. The Morgan fingerprint density at radius 1 is 1.08 bits per heavy atom. The first-order chi connectivity index (χ1) is 5.97. The lowest BCUT2D eigenvalue weighted by atomic mass is 10.0. The van der Waals surface area contributed by atoms with Crippen LogP contribution in [0.5, 0.6) is 0 Å². The largest absolute Gasteiger partial charge is 0.261 e. The summed E-state index contributed by atoms with van der Waals surface area (Å²) in [6, 6.07) is 10.4. The molecule has 1 aromatic carbocycles. The first-order valence-electron chi connectivity index (χ1n) is 4.24. The lowest BCUT2D eigenvalue weighted by molar-refractivity contribution is 1.06. The number of aliphatic imine (C=N–C) groups is 1. The molecule has 1 heteroatoms. The van der Waals surface area contributed by atoms with Crippen LogP contribution in [-0.4, -0.2) is 5.71 Å². The molecule has 0 N–H and O–H groups in total. The van der Waals surface area contributed by atoms with Crippen LogP contribution in [0.3, 0.4) is 0 Å². The lowest BCUT2D eigenvalue weighted by Gasteiger charge is -2.06. The SMILES string of the molecule is C1=CN=C(c2ccccc2)CC1. The molecule has 0 spiro atoms. The summed E-state index contributed by atoms with van der Waals surface area (Å²) in [5, 5.41) is 0. The van der Waals surface area contributed by atoms with E-state index in [-0.39, 0.29) is 0 Å². The molecule has 0 unspecified atom stereocenters. The van der Waals surface area contributed by atoms with E-state index in [0.29, 0.717) is 0 Å². The highest BCUT2D eigenvalue weighted by molar-refractivity contribution is 6.01.